The Morgan fingerprint density at radius 1 is 1.33 bits per heavy atom. The van der Waals surface area contributed by atoms with E-state index < -0.39 is 0 Å². The maximum atomic E-state index is 10.1. The zero-order valence-electron chi connectivity index (χ0n) is 13.5. The van der Waals surface area contributed by atoms with Crippen molar-refractivity contribution in [3.8, 4) is 0 Å². The minimum atomic E-state index is -0.143. The van der Waals surface area contributed by atoms with Crippen LogP contribution < -0.4 is 0 Å². The minimum Gasteiger partial charge on any atom is -0.392 e. The van der Waals surface area contributed by atoms with Gasteiger partial charge in [-0.2, -0.15) is 11.8 Å². The van der Waals surface area contributed by atoms with Gasteiger partial charge in [-0.05, 0) is 57.7 Å². The average Bonchev–Trinajstić information content (AvgIpc) is 2.80. The largest absolute Gasteiger partial charge is 0.392 e. The highest BCUT2D eigenvalue weighted by molar-refractivity contribution is 7.99. The summed E-state index contributed by atoms with van der Waals surface area (Å²) in [5.74, 6) is 2.49. The first kappa shape index (κ1) is 16.1. The van der Waals surface area contributed by atoms with Crippen molar-refractivity contribution in [3.05, 3.63) is 0 Å². The van der Waals surface area contributed by atoms with Crippen molar-refractivity contribution in [3.63, 3.8) is 0 Å². The lowest BCUT2D eigenvalue weighted by Crippen LogP contribution is -2.52. The number of β-amino-alcohol motifs (C(OH)–C–C–N with tert-alkyl or cyclic N) is 1. The number of hydrogen-bond acceptors (Lipinski definition) is 5. The maximum Gasteiger partial charge on any atom is 0.0713 e. The third-order valence-corrected chi connectivity index (χ3v) is 6.34. The number of ether oxygens (including phenoxy) is 1. The van der Waals surface area contributed by atoms with E-state index in [4.69, 9.17) is 4.74 Å². The zero-order valence-corrected chi connectivity index (χ0v) is 14.3. The molecule has 3 rings (SSSR count). The van der Waals surface area contributed by atoms with Gasteiger partial charge in [0, 0.05) is 31.8 Å². The molecule has 0 bridgehead atoms. The molecule has 1 spiro atoms. The zero-order chi connectivity index (χ0) is 14.9. The SMILES string of the molecule is CN(C)CC1CC(O)CN1C1CCOC2(CCSCC2)C1. The highest BCUT2D eigenvalue weighted by Crippen LogP contribution is 2.40. The van der Waals surface area contributed by atoms with Crippen LogP contribution in [0.2, 0.25) is 0 Å². The molecule has 0 saturated carbocycles. The molecule has 0 aliphatic carbocycles. The Morgan fingerprint density at radius 3 is 2.81 bits per heavy atom. The molecule has 3 saturated heterocycles. The number of nitrogens with zero attached hydrogens (tertiary/aromatic N) is 2. The summed E-state index contributed by atoms with van der Waals surface area (Å²) in [6.07, 6.45) is 5.51. The van der Waals surface area contributed by atoms with Gasteiger partial charge in [0.15, 0.2) is 0 Å². The maximum absolute atomic E-state index is 10.1. The molecule has 3 fully saturated rings. The van der Waals surface area contributed by atoms with Gasteiger partial charge in [0.2, 0.25) is 0 Å². The molecule has 3 unspecified atom stereocenters. The van der Waals surface area contributed by atoms with E-state index in [9.17, 15) is 5.11 Å². The molecule has 3 heterocycles. The van der Waals surface area contributed by atoms with Gasteiger partial charge in [0.05, 0.1) is 11.7 Å². The molecule has 0 radical (unpaired) electrons. The molecule has 0 aromatic rings. The third-order valence-electron chi connectivity index (χ3n) is 5.35. The summed E-state index contributed by atoms with van der Waals surface area (Å²) in [6.45, 7) is 2.81. The summed E-state index contributed by atoms with van der Waals surface area (Å²) in [5, 5.41) is 10.1. The van der Waals surface area contributed by atoms with Gasteiger partial charge in [-0.15, -0.1) is 0 Å². The van der Waals surface area contributed by atoms with Crippen LogP contribution in [0.3, 0.4) is 0 Å². The molecule has 1 N–H and O–H groups in total. The van der Waals surface area contributed by atoms with Gasteiger partial charge in [-0.1, -0.05) is 0 Å². The quantitative estimate of drug-likeness (QED) is 0.853. The first-order chi connectivity index (χ1) is 10.1. The first-order valence-electron chi connectivity index (χ1n) is 8.38. The summed E-state index contributed by atoms with van der Waals surface area (Å²) >= 11 is 2.07. The topological polar surface area (TPSA) is 35.9 Å². The van der Waals surface area contributed by atoms with E-state index in [0.717, 1.165) is 32.5 Å². The van der Waals surface area contributed by atoms with Gasteiger partial charge in [0.25, 0.3) is 0 Å². The molecule has 0 amide bonds. The molecule has 5 heteroatoms. The summed E-state index contributed by atoms with van der Waals surface area (Å²) < 4.78 is 6.23. The van der Waals surface area contributed by atoms with Crippen LogP contribution in [0.4, 0.5) is 0 Å². The first-order valence-corrected chi connectivity index (χ1v) is 9.54. The summed E-state index contributed by atoms with van der Waals surface area (Å²) in [6, 6.07) is 1.11. The van der Waals surface area contributed by atoms with Crippen LogP contribution in [-0.4, -0.2) is 84.0 Å². The number of hydrogen-bond donors (Lipinski definition) is 1. The van der Waals surface area contributed by atoms with E-state index in [2.05, 4.69) is 35.7 Å². The Hall–Kier alpha value is 0.190. The van der Waals surface area contributed by atoms with E-state index in [1.807, 2.05) is 0 Å². The normalized spacial score (nSPS) is 37.4. The van der Waals surface area contributed by atoms with Crippen LogP contribution >= 0.6 is 11.8 Å². The van der Waals surface area contributed by atoms with Crippen molar-refractivity contribution < 1.29 is 9.84 Å². The van der Waals surface area contributed by atoms with Gasteiger partial charge >= 0.3 is 0 Å². The fourth-order valence-electron chi connectivity index (χ4n) is 4.34. The number of likely N-dealkylation sites (tertiary alicyclic amines) is 1. The van der Waals surface area contributed by atoms with Gasteiger partial charge in [-0.25, -0.2) is 0 Å². The van der Waals surface area contributed by atoms with Crippen molar-refractivity contribution in [1.29, 1.82) is 0 Å². The lowest BCUT2D eigenvalue weighted by molar-refractivity contribution is -0.113. The van der Waals surface area contributed by atoms with E-state index in [1.165, 1.54) is 30.8 Å². The number of thioether (sulfide) groups is 1. The highest BCUT2D eigenvalue weighted by atomic mass is 32.2. The predicted molar refractivity (Wildman–Crippen MR) is 87.9 cm³/mol. The van der Waals surface area contributed by atoms with Crippen molar-refractivity contribution >= 4 is 11.8 Å². The Morgan fingerprint density at radius 2 is 2.10 bits per heavy atom. The fraction of sp³-hybridized carbons (Fsp3) is 1.00. The molecule has 21 heavy (non-hydrogen) atoms. The molecular formula is C16H30N2O2S. The Kier molecular flexibility index (Phi) is 5.16. The van der Waals surface area contributed by atoms with Crippen LogP contribution in [0, 0.1) is 0 Å². The number of aliphatic hydroxyl groups is 1. The number of likely N-dealkylation sites (N-methyl/N-ethyl adjacent to an activating group) is 1. The van der Waals surface area contributed by atoms with Crippen molar-refractivity contribution in [2.45, 2.75) is 55.9 Å². The number of aliphatic hydroxyl groups excluding tert-OH is 1. The predicted octanol–water partition coefficient (Wildman–Crippen LogP) is 1.43. The second kappa shape index (κ2) is 6.75. The van der Waals surface area contributed by atoms with Crippen LogP contribution in [0.25, 0.3) is 0 Å². The number of rotatable bonds is 3. The Bertz CT molecular complexity index is 342. The van der Waals surface area contributed by atoms with Crippen LogP contribution in [-0.2, 0) is 4.74 Å². The Labute approximate surface area is 133 Å². The monoisotopic (exact) mass is 314 g/mol. The van der Waals surface area contributed by atoms with Crippen molar-refractivity contribution in [1.82, 2.24) is 9.80 Å². The fourth-order valence-corrected chi connectivity index (χ4v) is 5.58. The van der Waals surface area contributed by atoms with E-state index in [0.29, 0.717) is 12.1 Å². The summed E-state index contributed by atoms with van der Waals surface area (Å²) in [4.78, 5) is 4.85. The Balaban J connectivity index is 1.66. The second-order valence-electron chi connectivity index (χ2n) is 7.29. The molecule has 122 valence electrons. The van der Waals surface area contributed by atoms with Gasteiger partial charge in [0.1, 0.15) is 0 Å². The minimum absolute atomic E-state index is 0.143. The molecule has 4 nitrogen and oxygen atoms in total. The molecule has 3 atom stereocenters. The third kappa shape index (κ3) is 3.75. The lowest BCUT2D eigenvalue weighted by Gasteiger charge is -2.47. The lowest BCUT2D eigenvalue weighted by atomic mass is 9.84. The van der Waals surface area contributed by atoms with Crippen molar-refractivity contribution in [2.75, 3.05) is 45.3 Å². The smallest absolute Gasteiger partial charge is 0.0713 e. The molecule has 0 aromatic carbocycles. The molecule has 3 aliphatic rings. The van der Waals surface area contributed by atoms with Crippen molar-refractivity contribution in [2.24, 2.45) is 0 Å². The molecular weight excluding hydrogens is 284 g/mol. The molecule has 3 aliphatic heterocycles. The van der Waals surface area contributed by atoms with E-state index >= 15 is 0 Å². The summed E-state index contributed by atoms with van der Waals surface area (Å²) in [5.41, 5.74) is 0.143. The van der Waals surface area contributed by atoms with Crippen LogP contribution in [0.5, 0.6) is 0 Å². The van der Waals surface area contributed by atoms with Crippen LogP contribution in [0.15, 0.2) is 0 Å². The average molecular weight is 314 g/mol. The molecule has 0 aromatic heterocycles. The van der Waals surface area contributed by atoms with Gasteiger partial charge < -0.3 is 14.7 Å². The van der Waals surface area contributed by atoms with Crippen LogP contribution in [0.1, 0.15) is 32.1 Å². The second-order valence-corrected chi connectivity index (χ2v) is 8.52. The highest BCUT2D eigenvalue weighted by Gasteiger charge is 2.44. The standard InChI is InChI=1S/C16H30N2O2S/c1-17(2)11-14-9-15(19)12-18(14)13-3-6-20-16(10-13)4-7-21-8-5-16/h13-15,19H,3-12H2,1-2H3. The summed E-state index contributed by atoms with van der Waals surface area (Å²) in [7, 11) is 4.26. The van der Waals surface area contributed by atoms with Gasteiger partial charge in [-0.3, -0.25) is 4.90 Å². The van der Waals surface area contributed by atoms with E-state index in [1.54, 1.807) is 0 Å². The van der Waals surface area contributed by atoms with E-state index in [-0.39, 0.29) is 11.7 Å².